The number of carbonyl (C=O) groups excluding carboxylic acids is 3. The predicted octanol–water partition coefficient (Wildman–Crippen LogP) is 5.13. The first-order chi connectivity index (χ1) is 15.8. The number of amides is 3. The maximum absolute atomic E-state index is 14.0. The van der Waals surface area contributed by atoms with Crippen LogP contribution in [0.25, 0.3) is 0 Å². The van der Waals surface area contributed by atoms with Gasteiger partial charge in [-0.25, -0.2) is 4.79 Å². The molecule has 1 aromatic rings. The molecule has 0 spiro atoms. The van der Waals surface area contributed by atoms with Gasteiger partial charge in [-0.15, -0.1) is 0 Å². The van der Waals surface area contributed by atoms with E-state index in [2.05, 4.69) is 10.6 Å². The van der Waals surface area contributed by atoms with Gasteiger partial charge in [-0.05, 0) is 59.4 Å². The summed E-state index contributed by atoms with van der Waals surface area (Å²) in [5.41, 5.74) is 1.13. The number of ether oxygens (including phenoxy) is 1. The molecule has 7 heteroatoms. The van der Waals surface area contributed by atoms with Gasteiger partial charge in [0.15, 0.2) is 0 Å². The zero-order valence-corrected chi connectivity index (χ0v) is 22.5. The molecule has 0 aliphatic rings. The second-order valence-electron chi connectivity index (χ2n) is 10.4. The van der Waals surface area contributed by atoms with Crippen molar-refractivity contribution in [2.45, 2.75) is 105 Å². The lowest BCUT2D eigenvalue weighted by Gasteiger charge is -2.36. The van der Waals surface area contributed by atoms with Crippen molar-refractivity contribution in [3.8, 4) is 0 Å². The lowest BCUT2D eigenvalue weighted by molar-refractivity contribution is -0.143. The van der Waals surface area contributed by atoms with Gasteiger partial charge < -0.3 is 20.3 Å². The fourth-order valence-electron chi connectivity index (χ4n) is 3.58. The Labute approximate surface area is 206 Å². The molecule has 2 N–H and O–H groups in total. The van der Waals surface area contributed by atoms with Crippen LogP contribution >= 0.6 is 0 Å². The van der Waals surface area contributed by atoms with Gasteiger partial charge in [0.05, 0.1) is 0 Å². The van der Waals surface area contributed by atoms with E-state index in [0.29, 0.717) is 13.0 Å². The quantitative estimate of drug-likeness (QED) is 0.464. The molecule has 0 fully saturated rings. The summed E-state index contributed by atoms with van der Waals surface area (Å²) >= 11 is 0. The summed E-state index contributed by atoms with van der Waals surface area (Å²) in [7, 11) is 0. The van der Waals surface area contributed by atoms with Crippen LogP contribution in [-0.4, -0.2) is 47.0 Å². The van der Waals surface area contributed by atoms with Crippen molar-refractivity contribution in [3.05, 3.63) is 35.4 Å². The van der Waals surface area contributed by atoms with Gasteiger partial charge in [-0.1, -0.05) is 63.4 Å². The molecular formula is C27H45N3O4. The number of nitrogens with zero attached hydrogens (tertiary/aromatic N) is 1. The molecule has 3 unspecified atom stereocenters. The zero-order valence-electron chi connectivity index (χ0n) is 22.5. The average molecular weight is 476 g/mol. The second-order valence-corrected chi connectivity index (χ2v) is 10.4. The number of nitrogens with one attached hydrogen (secondary N) is 2. The van der Waals surface area contributed by atoms with E-state index < -0.39 is 23.8 Å². The standard InChI is InChI=1S/C27H45N3O4/c1-10-12-17-30(23(24(31)28-18(3)4)21-15-13-19(5)14-16-21)25(32)22(20(6)11-2)29-26(33)34-27(7,8)9/h13-16,18,20,22-23H,10-12,17H2,1-9H3,(H,28,31)(H,29,33). The van der Waals surface area contributed by atoms with E-state index in [1.807, 2.05) is 65.8 Å². The maximum Gasteiger partial charge on any atom is 0.408 e. The summed E-state index contributed by atoms with van der Waals surface area (Å²) in [4.78, 5) is 41.6. The van der Waals surface area contributed by atoms with Crippen LogP contribution in [0.1, 0.15) is 91.8 Å². The minimum atomic E-state index is -0.809. The Bertz CT molecular complexity index is 799. The Hall–Kier alpha value is -2.57. The van der Waals surface area contributed by atoms with Crippen molar-refractivity contribution < 1.29 is 19.1 Å². The molecule has 0 radical (unpaired) electrons. The van der Waals surface area contributed by atoms with Crippen LogP contribution in [0.2, 0.25) is 0 Å². The normalized spacial score (nSPS) is 14.2. The van der Waals surface area contributed by atoms with Gasteiger partial charge >= 0.3 is 6.09 Å². The Balaban J connectivity index is 3.46. The van der Waals surface area contributed by atoms with E-state index in [9.17, 15) is 14.4 Å². The fourth-order valence-corrected chi connectivity index (χ4v) is 3.58. The van der Waals surface area contributed by atoms with Crippen molar-refractivity contribution in [2.24, 2.45) is 5.92 Å². The number of alkyl carbamates (subject to hydrolysis) is 1. The van der Waals surface area contributed by atoms with Gasteiger partial charge in [-0.2, -0.15) is 0 Å². The number of rotatable bonds is 11. The average Bonchev–Trinajstić information content (AvgIpc) is 2.73. The molecule has 0 saturated carbocycles. The summed E-state index contributed by atoms with van der Waals surface area (Å²) in [6.45, 7) is 17.5. The Morgan fingerprint density at radius 2 is 1.59 bits per heavy atom. The van der Waals surface area contributed by atoms with Crippen LogP contribution < -0.4 is 10.6 Å². The third-order valence-corrected chi connectivity index (χ3v) is 5.57. The Morgan fingerprint density at radius 3 is 2.06 bits per heavy atom. The first-order valence-electron chi connectivity index (χ1n) is 12.5. The summed E-state index contributed by atoms with van der Waals surface area (Å²) < 4.78 is 5.43. The Kier molecular flexibility index (Phi) is 11.6. The summed E-state index contributed by atoms with van der Waals surface area (Å²) in [6.07, 6.45) is 1.65. The highest BCUT2D eigenvalue weighted by Crippen LogP contribution is 2.26. The molecule has 1 rings (SSSR count). The lowest BCUT2D eigenvalue weighted by Crippen LogP contribution is -2.55. The SMILES string of the molecule is CCCCN(C(=O)C(NC(=O)OC(C)(C)C)C(C)CC)C(C(=O)NC(C)C)c1ccc(C)cc1. The largest absolute Gasteiger partial charge is 0.444 e. The fraction of sp³-hybridized carbons (Fsp3) is 0.667. The van der Waals surface area contributed by atoms with Crippen LogP contribution in [0, 0.1) is 12.8 Å². The monoisotopic (exact) mass is 475 g/mol. The molecular weight excluding hydrogens is 430 g/mol. The predicted molar refractivity (Wildman–Crippen MR) is 136 cm³/mol. The molecule has 34 heavy (non-hydrogen) atoms. The molecule has 0 heterocycles. The summed E-state index contributed by atoms with van der Waals surface area (Å²) in [5, 5.41) is 5.77. The van der Waals surface area contributed by atoms with Crippen molar-refractivity contribution in [3.63, 3.8) is 0 Å². The van der Waals surface area contributed by atoms with E-state index in [-0.39, 0.29) is 23.8 Å². The van der Waals surface area contributed by atoms with Gasteiger partial charge in [0.2, 0.25) is 11.8 Å². The van der Waals surface area contributed by atoms with Crippen molar-refractivity contribution in [1.29, 1.82) is 0 Å². The molecule has 0 aliphatic heterocycles. The van der Waals surface area contributed by atoms with Crippen LogP contribution in [0.5, 0.6) is 0 Å². The van der Waals surface area contributed by atoms with E-state index in [4.69, 9.17) is 4.74 Å². The van der Waals surface area contributed by atoms with Crippen LogP contribution in [0.3, 0.4) is 0 Å². The second kappa shape index (κ2) is 13.4. The molecule has 192 valence electrons. The Morgan fingerprint density at radius 1 is 1.00 bits per heavy atom. The number of hydrogen-bond donors (Lipinski definition) is 2. The highest BCUT2D eigenvalue weighted by atomic mass is 16.6. The van der Waals surface area contributed by atoms with Gasteiger partial charge in [-0.3, -0.25) is 9.59 Å². The minimum Gasteiger partial charge on any atom is -0.444 e. The first-order valence-corrected chi connectivity index (χ1v) is 12.5. The van der Waals surface area contributed by atoms with Crippen LogP contribution in [0.15, 0.2) is 24.3 Å². The van der Waals surface area contributed by atoms with Gasteiger partial charge in [0.1, 0.15) is 17.7 Å². The number of aryl methyl sites for hydroxylation is 1. The third-order valence-electron chi connectivity index (χ3n) is 5.57. The summed E-state index contributed by atoms with van der Waals surface area (Å²) in [5.74, 6) is -0.655. The van der Waals surface area contributed by atoms with E-state index in [0.717, 1.165) is 24.0 Å². The number of benzene rings is 1. The molecule has 0 bridgehead atoms. The third kappa shape index (κ3) is 9.35. The highest BCUT2D eigenvalue weighted by Gasteiger charge is 2.37. The molecule has 0 aliphatic carbocycles. The molecule has 0 aromatic heterocycles. The molecule has 0 saturated heterocycles. The molecule has 3 amide bonds. The zero-order chi connectivity index (χ0) is 26.1. The highest BCUT2D eigenvalue weighted by molar-refractivity contribution is 5.92. The van der Waals surface area contributed by atoms with E-state index in [1.165, 1.54) is 0 Å². The van der Waals surface area contributed by atoms with Crippen molar-refractivity contribution in [2.75, 3.05) is 6.54 Å². The smallest absolute Gasteiger partial charge is 0.408 e. The number of unbranched alkanes of at least 4 members (excludes halogenated alkanes) is 1. The minimum absolute atomic E-state index is 0.0752. The molecule has 1 aromatic carbocycles. The van der Waals surface area contributed by atoms with Crippen molar-refractivity contribution >= 4 is 17.9 Å². The van der Waals surface area contributed by atoms with E-state index >= 15 is 0 Å². The van der Waals surface area contributed by atoms with E-state index in [1.54, 1.807) is 25.7 Å². The summed E-state index contributed by atoms with van der Waals surface area (Å²) in [6, 6.07) is 5.99. The van der Waals surface area contributed by atoms with Crippen molar-refractivity contribution in [1.82, 2.24) is 15.5 Å². The lowest BCUT2D eigenvalue weighted by atomic mass is 9.95. The van der Waals surface area contributed by atoms with Crippen LogP contribution in [0.4, 0.5) is 4.79 Å². The molecule has 3 atom stereocenters. The van der Waals surface area contributed by atoms with Gasteiger partial charge in [0.25, 0.3) is 0 Å². The number of carbonyl (C=O) groups is 3. The van der Waals surface area contributed by atoms with Gasteiger partial charge in [0, 0.05) is 12.6 Å². The topological polar surface area (TPSA) is 87.7 Å². The maximum atomic E-state index is 14.0. The van der Waals surface area contributed by atoms with Crippen LogP contribution in [-0.2, 0) is 14.3 Å². The molecule has 7 nitrogen and oxygen atoms in total. The first kappa shape index (κ1) is 29.5. The number of hydrogen-bond acceptors (Lipinski definition) is 4.